The van der Waals surface area contributed by atoms with Gasteiger partial charge in [0, 0.05) is 24.8 Å². The fourth-order valence-corrected chi connectivity index (χ4v) is 6.00. The molecule has 6 aromatic rings. The van der Waals surface area contributed by atoms with Gasteiger partial charge in [0.1, 0.15) is 35.1 Å². The van der Waals surface area contributed by atoms with Crippen LogP contribution in [0.2, 0.25) is 0 Å². The molecule has 3 aromatic carbocycles. The molecule has 44 heavy (non-hydrogen) atoms. The Morgan fingerprint density at radius 3 is 2.50 bits per heavy atom. The minimum absolute atomic E-state index is 0.00136. The first kappa shape index (κ1) is 28.4. The second-order valence-electron chi connectivity index (χ2n) is 10.0. The zero-order valence-electron chi connectivity index (χ0n) is 23.5. The van der Waals surface area contributed by atoms with Crippen LogP contribution in [-0.4, -0.2) is 44.2 Å². The van der Waals surface area contributed by atoms with E-state index in [1.165, 1.54) is 30.6 Å². The number of rotatable bonds is 9. The Morgan fingerprint density at radius 2 is 1.73 bits per heavy atom. The molecule has 0 aliphatic carbocycles. The summed E-state index contributed by atoms with van der Waals surface area (Å²) in [7, 11) is -3.91. The number of benzene rings is 3. The maximum Gasteiger partial charge on any atom is 0.282 e. The van der Waals surface area contributed by atoms with Crippen LogP contribution in [0, 0.1) is 6.92 Å². The number of aryl methyl sites for hydroxylation is 1. The second-order valence-corrected chi connectivity index (χ2v) is 11.7. The van der Waals surface area contributed by atoms with Crippen molar-refractivity contribution in [1.29, 1.82) is 0 Å². The summed E-state index contributed by atoms with van der Waals surface area (Å²) < 4.78 is 31.6. The number of sulfonamides is 1. The van der Waals surface area contributed by atoms with E-state index in [9.17, 15) is 18.3 Å². The summed E-state index contributed by atoms with van der Waals surface area (Å²) in [6.07, 6.45) is 3.48. The first-order valence-electron chi connectivity index (χ1n) is 13.6. The minimum atomic E-state index is -3.91. The predicted octanol–water partition coefficient (Wildman–Crippen LogP) is 3.99. The molecule has 0 radical (unpaired) electrons. The van der Waals surface area contributed by atoms with E-state index in [2.05, 4.69) is 20.0 Å². The lowest BCUT2D eigenvalue weighted by Gasteiger charge is -2.16. The summed E-state index contributed by atoms with van der Waals surface area (Å²) in [6, 6.07) is 23.2. The van der Waals surface area contributed by atoms with Gasteiger partial charge in [-0.2, -0.15) is 5.10 Å². The Morgan fingerprint density at radius 1 is 0.955 bits per heavy atom. The monoisotopic (exact) mass is 608 g/mol. The molecule has 222 valence electrons. The summed E-state index contributed by atoms with van der Waals surface area (Å²) in [6.45, 7) is 2.23. The molecule has 3 aromatic heterocycles. The molecule has 5 N–H and O–H groups in total. The molecule has 12 nitrogen and oxygen atoms in total. The molecule has 0 fully saturated rings. The van der Waals surface area contributed by atoms with E-state index in [-0.39, 0.29) is 22.0 Å². The van der Waals surface area contributed by atoms with Crippen molar-refractivity contribution in [2.24, 2.45) is 0 Å². The first-order chi connectivity index (χ1) is 21.2. The summed E-state index contributed by atoms with van der Waals surface area (Å²) in [5.74, 6) is 1.14. The summed E-state index contributed by atoms with van der Waals surface area (Å²) in [5, 5.41) is 17.5. The van der Waals surface area contributed by atoms with Crippen molar-refractivity contribution in [2.75, 3.05) is 22.3 Å². The number of phenolic OH excluding ortho intramolecular Hbond substituents is 1. The molecule has 0 amide bonds. The lowest BCUT2D eigenvalue weighted by Crippen LogP contribution is -2.28. The third kappa shape index (κ3) is 5.55. The number of aromatic nitrogens is 5. The summed E-state index contributed by atoms with van der Waals surface area (Å²) in [4.78, 5) is 22.1. The van der Waals surface area contributed by atoms with E-state index >= 15 is 0 Å². The highest BCUT2D eigenvalue weighted by Gasteiger charge is 2.18. The number of nitrogens with zero attached hydrogens (tertiary/aromatic N) is 5. The largest absolute Gasteiger partial charge is 0.508 e. The number of hydrogen-bond acceptors (Lipinski definition) is 9. The van der Waals surface area contributed by atoms with Gasteiger partial charge >= 0.3 is 0 Å². The molecule has 0 saturated carbocycles. The zero-order chi connectivity index (χ0) is 30.8. The normalized spacial score (nSPS) is 11.5. The number of anilines is 3. The van der Waals surface area contributed by atoms with Gasteiger partial charge in [-0.3, -0.25) is 14.1 Å². The molecule has 0 bridgehead atoms. The molecular weight excluding hydrogens is 580 g/mol. The van der Waals surface area contributed by atoms with Crippen molar-refractivity contribution in [3.8, 4) is 22.6 Å². The standard InChI is InChI=1S/C31H28N8O4S/c1-20-15-17-38-28(20)31(41)39(23-8-3-2-4-9-23)26(36-38)14-16-33-30-27(29(32)34-19-35-30)21-6-5-7-22(18-21)37-44(42,43)25-12-10-24(40)11-13-25/h2-13,15,17-19,37,40H,14,16H2,1H3,(H3,32,33,34,35). The van der Waals surface area contributed by atoms with Crippen molar-refractivity contribution in [2.45, 2.75) is 18.2 Å². The molecule has 3 heterocycles. The SMILES string of the molecule is Cc1ccn2nc(CCNc3ncnc(N)c3-c3cccc(NS(=O)(=O)c4ccc(O)cc4)c3)n(-c3ccccc3)c(=O)c12. The summed E-state index contributed by atoms with van der Waals surface area (Å²) in [5.41, 5.74) is 9.56. The van der Waals surface area contributed by atoms with E-state index in [0.717, 1.165) is 5.56 Å². The number of nitrogens with two attached hydrogens (primary N) is 1. The maximum absolute atomic E-state index is 13.6. The van der Waals surface area contributed by atoms with E-state index < -0.39 is 10.0 Å². The van der Waals surface area contributed by atoms with Crippen LogP contribution in [0.5, 0.6) is 5.75 Å². The van der Waals surface area contributed by atoms with Crippen LogP contribution in [-0.2, 0) is 16.4 Å². The van der Waals surface area contributed by atoms with Gasteiger partial charge in [0.15, 0.2) is 0 Å². The first-order valence-corrected chi connectivity index (χ1v) is 15.1. The molecule has 0 atom stereocenters. The zero-order valence-corrected chi connectivity index (χ0v) is 24.4. The van der Waals surface area contributed by atoms with Crippen LogP contribution in [0.3, 0.4) is 0 Å². The van der Waals surface area contributed by atoms with Crippen LogP contribution < -0.4 is 21.3 Å². The second kappa shape index (κ2) is 11.5. The fourth-order valence-electron chi connectivity index (χ4n) is 4.95. The van der Waals surface area contributed by atoms with Gasteiger partial charge in [-0.05, 0) is 72.6 Å². The number of nitrogens with one attached hydrogen (secondary N) is 2. The molecular formula is C31H28N8O4S. The molecule has 6 rings (SSSR count). The van der Waals surface area contributed by atoms with Gasteiger partial charge in [0.2, 0.25) is 0 Å². The highest BCUT2D eigenvalue weighted by Crippen LogP contribution is 2.32. The maximum atomic E-state index is 13.6. The van der Waals surface area contributed by atoms with E-state index in [1.807, 2.05) is 43.3 Å². The van der Waals surface area contributed by atoms with E-state index in [1.54, 1.807) is 39.5 Å². The van der Waals surface area contributed by atoms with Crippen molar-refractivity contribution in [3.05, 3.63) is 119 Å². The number of hydrogen-bond donors (Lipinski definition) is 4. The lowest BCUT2D eigenvalue weighted by atomic mass is 10.1. The van der Waals surface area contributed by atoms with Gasteiger partial charge in [0.05, 0.1) is 16.1 Å². The predicted molar refractivity (Wildman–Crippen MR) is 169 cm³/mol. The Bertz CT molecular complexity index is 2140. The van der Waals surface area contributed by atoms with Crippen molar-refractivity contribution >= 4 is 32.9 Å². The smallest absolute Gasteiger partial charge is 0.282 e. The Labute approximate surface area is 252 Å². The minimum Gasteiger partial charge on any atom is -0.508 e. The van der Waals surface area contributed by atoms with Crippen molar-refractivity contribution in [1.82, 2.24) is 24.1 Å². The molecule has 13 heteroatoms. The van der Waals surface area contributed by atoms with Crippen molar-refractivity contribution in [3.63, 3.8) is 0 Å². The van der Waals surface area contributed by atoms with Crippen molar-refractivity contribution < 1.29 is 13.5 Å². The number of para-hydroxylation sites is 1. The fraction of sp³-hybridized carbons (Fsp3) is 0.0968. The molecule has 0 aliphatic rings. The number of nitrogen functional groups attached to an aromatic ring is 1. The summed E-state index contributed by atoms with van der Waals surface area (Å²) >= 11 is 0. The van der Waals surface area contributed by atoms with Gasteiger partial charge < -0.3 is 16.2 Å². The topological polar surface area (TPSA) is 170 Å². The highest BCUT2D eigenvalue weighted by molar-refractivity contribution is 7.92. The van der Waals surface area contributed by atoms with Gasteiger partial charge in [-0.25, -0.2) is 22.9 Å². The van der Waals surface area contributed by atoms with Gasteiger partial charge in [0.25, 0.3) is 15.6 Å². The molecule has 0 aliphatic heterocycles. The Hall–Kier alpha value is -5.69. The van der Waals surface area contributed by atoms with E-state index in [4.69, 9.17) is 10.8 Å². The number of phenols is 1. The molecule has 0 saturated heterocycles. The number of fused-ring (bicyclic) bond motifs is 1. The van der Waals surface area contributed by atoms with Crippen LogP contribution in [0.1, 0.15) is 11.4 Å². The molecule has 0 spiro atoms. The van der Waals surface area contributed by atoms with Gasteiger partial charge in [-0.15, -0.1) is 0 Å². The molecule has 0 unspecified atom stereocenters. The Kier molecular flexibility index (Phi) is 7.45. The van der Waals surface area contributed by atoms with E-state index in [0.29, 0.717) is 52.6 Å². The average Bonchev–Trinajstić information content (AvgIpc) is 3.38. The van der Waals surface area contributed by atoms with Crippen LogP contribution in [0.4, 0.5) is 17.3 Å². The average molecular weight is 609 g/mol. The van der Waals surface area contributed by atoms with Gasteiger partial charge in [-0.1, -0.05) is 30.3 Å². The third-order valence-electron chi connectivity index (χ3n) is 7.04. The highest BCUT2D eigenvalue weighted by atomic mass is 32.2. The quantitative estimate of drug-likeness (QED) is 0.190. The Balaban J connectivity index is 1.28. The van der Waals surface area contributed by atoms with Crippen LogP contribution in [0.25, 0.3) is 22.3 Å². The number of aromatic hydroxyl groups is 1. The lowest BCUT2D eigenvalue weighted by molar-refractivity contribution is 0.475. The van der Waals surface area contributed by atoms with Crippen LogP contribution >= 0.6 is 0 Å². The van der Waals surface area contributed by atoms with Crippen LogP contribution in [0.15, 0.2) is 107 Å². The third-order valence-corrected chi connectivity index (χ3v) is 8.44.